The molecule has 0 spiro atoms. The second-order valence-corrected chi connectivity index (χ2v) is 6.71. The van der Waals surface area contributed by atoms with Crippen LogP contribution in [0.3, 0.4) is 0 Å². The summed E-state index contributed by atoms with van der Waals surface area (Å²) in [5, 5.41) is 5.68. The van der Waals surface area contributed by atoms with Gasteiger partial charge in [0.1, 0.15) is 0 Å². The van der Waals surface area contributed by atoms with Crippen LogP contribution in [0.2, 0.25) is 0 Å². The molecule has 98 valence electrons. The van der Waals surface area contributed by atoms with Gasteiger partial charge in [0, 0.05) is 18.6 Å². The summed E-state index contributed by atoms with van der Waals surface area (Å²) in [6.45, 7) is 11.6. The second-order valence-electron chi connectivity index (χ2n) is 6.71. The number of hydrogen-bond donors (Lipinski definition) is 0. The molecule has 18 heavy (non-hydrogen) atoms. The Morgan fingerprint density at radius 3 is 2.39 bits per heavy atom. The fourth-order valence-electron chi connectivity index (χ4n) is 3.25. The molecule has 1 heterocycles. The Hall–Kier alpha value is -1.31. The maximum Gasteiger partial charge on any atom is 0.0923 e. The van der Waals surface area contributed by atoms with Crippen LogP contribution in [0.1, 0.15) is 46.1 Å². The van der Waals surface area contributed by atoms with E-state index in [0.717, 1.165) is 5.52 Å². The molecule has 0 aliphatic rings. The lowest BCUT2D eigenvalue weighted by Crippen LogP contribution is -2.23. The molecular weight excluding hydrogens is 220 g/mol. The Balaban J connectivity index is 2.51. The van der Waals surface area contributed by atoms with Gasteiger partial charge in [0.25, 0.3) is 0 Å². The van der Waals surface area contributed by atoms with Crippen molar-refractivity contribution in [3.05, 3.63) is 30.0 Å². The molecule has 0 aliphatic heterocycles. The molecule has 0 radical (unpaired) electrons. The average Bonchev–Trinajstić information content (AvgIpc) is 2.54. The summed E-state index contributed by atoms with van der Waals surface area (Å²) >= 11 is 0. The average molecular weight is 244 g/mol. The summed E-state index contributed by atoms with van der Waals surface area (Å²) in [4.78, 5) is 0. The number of fused-ring (bicyclic) bond motifs is 1. The summed E-state index contributed by atoms with van der Waals surface area (Å²) in [7, 11) is 1.98. The molecule has 0 aliphatic carbocycles. The van der Waals surface area contributed by atoms with E-state index >= 15 is 0 Å². The van der Waals surface area contributed by atoms with Gasteiger partial charge in [-0.2, -0.15) is 5.10 Å². The van der Waals surface area contributed by atoms with Crippen molar-refractivity contribution in [1.82, 2.24) is 9.78 Å². The van der Waals surface area contributed by atoms with Crippen LogP contribution in [-0.2, 0) is 7.05 Å². The summed E-state index contributed by atoms with van der Waals surface area (Å²) in [6, 6.07) is 6.69. The first-order valence-corrected chi connectivity index (χ1v) is 6.72. The third-order valence-corrected chi connectivity index (χ3v) is 3.60. The minimum absolute atomic E-state index is 0.282. The van der Waals surface area contributed by atoms with E-state index < -0.39 is 0 Å². The summed E-state index contributed by atoms with van der Waals surface area (Å²) in [5.74, 6) is 1.21. The van der Waals surface area contributed by atoms with Crippen molar-refractivity contribution in [2.45, 2.75) is 40.5 Å². The molecule has 2 nitrogen and oxygen atoms in total. The van der Waals surface area contributed by atoms with Crippen molar-refractivity contribution < 1.29 is 0 Å². The lowest BCUT2D eigenvalue weighted by molar-refractivity contribution is 0.258. The molecule has 2 heteroatoms. The van der Waals surface area contributed by atoms with E-state index in [1.54, 1.807) is 0 Å². The lowest BCUT2D eigenvalue weighted by atomic mass is 9.70. The molecule has 0 fully saturated rings. The van der Waals surface area contributed by atoms with Crippen LogP contribution < -0.4 is 0 Å². The van der Waals surface area contributed by atoms with Crippen molar-refractivity contribution >= 4 is 10.9 Å². The molecule has 0 N–H and O–H groups in total. The van der Waals surface area contributed by atoms with Gasteiger partial charge >= 0.3 is 0 Å². The van der Waals surface area contributed by atoms with Crippen molar-refractivity contribution in [3.63, 3.8) is 0 Å². The highest BCUT2D eigenvalue weighted by Gasteiger charge is 2.29. The molecule has 1 atom stereocenters. The Morgan fingerprint density at radius 2 is 1.83 bits per heavy atom. The maximum absolute atomic E-state index is 4.44. The number of benzene rings is 1. The van der Waals surface area contributed by atoms with Crippen LogP contribution in [-0.4, -0.2) is 9.78 Å². The first kappa shape index (κ1) is 13.1. The lowest BCUT2D eigenvalue weighted by Gasteiger charge is -2.34. The molecular formula is C16H24N2. The number of aryl methyl sites for hydroxylation is 1. The van der Waals surface area contributed by atoms with E-state index in [4.69, 9.17) is 0 Å². The van der Waals surface area contributed by atoms with Crippen molar-refractivity contribution in [2.24, 2.45) is 18.4 Å². The fourth-order valence-corrected chi connectivity index (χ4v) is 3.25. The van der Waals surface area contributed by atoms with Gasteiger partial charge in [0.05, 0.1) is 5.52 Å². The molecule has 0 saturated heterocycles. The summed E-state index contributed by atoms with van der Waals surface area (Å²) in [6.07, 6.45) is 2.10. The number of aromatic nitrogens is 2. The van der Waals surface area contributed by atoms with Gasteiger partial charge in [0.15, 0.2) is 0 Å². The highest BCUT2D eigenvalue weighted by Crippen LogP contribution is 2.41. The van der Waals surface area contributed by atoms with Gasteiger partial charge in [-0.1, -0.05) is 40.7 Å². The Kier molecular flexibility index (Phi) is 3.22. The Labute approximate surface area is 110 Å². The third-order valence-electron chi connectivity index (χ3n) is 3.60. The SMILES string of the molecule is CC(C)C(c1ccc2nn(C)cc2c1)C(C)(C)C. The van der Waals surface area contributed by atoms with Crippen LogP contribution in [0, 0.1) is 11.3 Å². The second kappa shape index (κ2) is 4.42. The van der Waals surface area contributed by atoms with E-state index in [-0.39, 0.29) is 5.41 Å². The standard InChI is InChI=1S/C16H24N2/c1-11(2)15(16(3,4)5)12-7-8-14-13(9-12)10-18(6)17-14/h7-11,15H,1-6H3. The largest absolute Gasteiger partial charge is 0.275 e. The summed E-state index contributed by atoms with van der Waals surface area (Å²) < 4.78 is 1.88. The minimum Gasteiger partial charge on any atom is -0.275 e. The van der Waals surface area contributed by atoms with E-state index in [1.807, 2.05) is 11.7 Å². The monoisotopic (exact) mass is 244 g/mol. The minimum atomic E-state index is 0.282. The van der Waals surface area contributed by atoms with Crippen LogP contribution in [0.4, 0.5) is 0 Å². The molecule has 1 unspecified atom stereocenters. The first-order valence-electron chi connectivity index (χ1n) is 6.72. The molecule has 1 aromatic carbocycles. The maximum atomic E-state index is 4.44. The topological polar surface area (TPSA) is 17.8 Å². The van der Waals surface area contributed by atoms with Crippen LogP contribution in [0.15, 0.2) is 24.4 Å². The molecule has 2 rings (SSSR count). The number of nitrogens with zero attached hydrogens (tertiary/aromatic N) is 2. The highest BCUT2D eigenvalue weighted by atomic mass is 15.2. The molecule has 0 amide bonds. The predicted octanol–water partition coefficient (Wildman–Crippen LogP) is 4.36. The zero-order valence-corrected chi connectivity index (χ0v) is 12.4. The van der Waals surface area contributed by atoms with Crippen molar-refractivity contribution in [1.29, 1.82) is 0 Å². The highest BCUT2D eigenvalue weighted by molar-refractivity contribution is 5.78. The van der Waals surface area contributed by atoms with E-state index in [9.17, 15) is 0 Å². The van der Waals surface area contributed by atoms with Crippen LogP contribution >= 0.6 is 0 Å². The van der Waals surface area contributed by atoms with E-state index in [0.29, 0.717) is 11.8 Å². The molecule has 0 saturated carbocycles. The molecule has 0 bridgehead atoms. The zero-order chi connectivity index (χ0) is 13.5. The quantitative estimate of drug-likeness (QED) is 0.767. The van der Waals surface area contributed by atoms with Gasteiger partial charge in [-0.3, -0.25) is 4.68 Å². The fraction of sp³-hybridized carbons (Fsp3) is 0.562. The smallest absolute Gasteiger partial charge is 0.0923 e. The van der Waals surface area contributed by atoms with Crippen LogP contribution in [0.5, 0.6) is 0 Å². The number of rotatable bonds is 2. The van der Waals surface area contributed by atoms with Gasteiger partial charge in [-0.15, -0.1) is 0 Å². The van der Waals surface area contributed by atoms with E-state index in [2.05, 4.69) is 64.1 Å². The first-order chi connectivity index (χ1) is 8.29. The summed E-state index contributed by atoms with van der Waals surface area (Å²) in [5.41, 5.74) is 2.79. The number of hydrogen-bond acceptors (Lipinski definition) is 1. The molecule has 1 aromatic heterocycles. The van der Waals surface area contributed by atoms with Gasteiger partial charge in [-0.25, -0.2) is 0 Å². The predicted molar refractivity (Wildman–Crippen MR) is 77.7 cm³/mol. The van der Waals surface area contributed by atoms with Crippen molar-refractivity contribution in [2.75, 3.05) is 0 Å². The Bertz CT molecular complexity index is 544. The van der Waals surface area contributed by atoms with Crippen molar-refractivity contribution in [3.8, 4) is 0 Å². The van der Waals surface area contributed by atoms with E-state index in [1.165, 1.54) is 10.9 Å². The normalized spacial score (nSPS) is 14.4. The van der Waals surface area contributed by atoms with Gasteiger partial charge in [0.2, 0.25) is 0 Å². The zero-order valence-electron chi connectivity index (χ0n) is 12.4. The van der Waals surface area contributed by atoms with Crippen LogP contribution in [0.25, 0.3) is 10.9 Å². The Morgan fingerprint density at radius 1 is 1.17 bits per heavy atom. The molecule has 2 aromatic rings. The third kappa shape index (κ3) is 2.43. The van der Waals surface area contributed by atoms with Gasteiger partial charge in [-0.05, 0) is 34.9 Å². The van der Waals surface area contributed by atoms with Gasteiger partial charge < -0.3 is 0 Å².